The molecule has 0 fully saturated rings. The minimum absolute atomic E-state index is 0.412. The highest BCUT2D eigenvalue weighted by molar-refractivity contribution is 6.33. The summed E-state index contributed by atoms with van der Waals surface area (Å²) in [5.41, 5.74) is 2.76. The van der Waals surface area contributed by atoms with E-state index in [4.69, 9.17) is 27.6 Å². The van der Waals surface area contributed by atoms with E-state index in [-0.39, 0.29) is 0 Å². The average molecular weight is 334 g/mol. The smallest absolute Gasteiger partial charge is 0.249 e. The Hall–Kier alpha value is -2.04. The van der Waals surface area contributed by atoms with E-state index in [0.29, 0.717) is 28.4 Å². The number of hydrogen-bond acceptors (Lipinski definition) is 4. The second-order valence-electron chi connectivity index (χ2n) is 4.79. The fourth-order valence-corrected chi connectivity index (χ4v) is 2.51. The quantitative estimate of drug-likeness (QED) is 0.732. The zero-order valence-electron chi connectivity index (χ0n) is 11.8. The van der Waals surface area contributed by atoms with Crippen molar-refractivity contribution in [2.45, 2.75) is 13.5 Å². The first-order valence-electron chi connectivity index (χ1n) is 6.71. The van der Waals surface area contributed by atoms with Gasteiger partial charge in [0.15, 0.2) is 0 Å². The van der Waals surface area contributed by atoms with Crippen molar-refractivity contribution < 1.29 is 4.42 Å². The van der Waals surface area contributed by atoms with Gasteiger partial charge in [-0.2, -0.15) is 0 Å². The predicted octanol–water partition coefficient (Wildman–Crippen LogP) is 4.96. The molecular formula is C16H13Cl2N3O. The van der Waals surface area contributed by atoms with E-state index >= 15 is 0 Å². The summed E-state index contributed by atoms with van der Waals surface area (Å²) in [5, 5.41) is 12.6. The Kier molecular flexibility index (Phi) is 4.32. The predicted molar refractivity (Wildman–Crippen MR) is 88.3 cm³/mol. The molecule has 0 aliphatic rings. The van der Waals surface area contributed by atoms with Crippen molar-refractivity contribution in [2.24, 2.45) is 0 Å². The minimum Gasteiger partial charge on any atom is -0.419 e. The molecule has 0 radical (unpaired) electrons. The molecule has 0 aliphatic carbocycles. The third kappa shape index (κ3) is 3.24. The lowest BCUT2D eigenvalue weighted by atomic mass is 10.2. The van der Waals surface area contributed by atoms with Gasteiger partial charge in [-0.25, -0.2) is 0 Å². The molecule has 6 heteroatoms. The maximum absolute atomic E-state index is 6.12. The van der Waals surface area contributed by atoms with Crippen molar-refractivity contribution in [3.8, 4) is 11.5 Å². The van der Waals surface area contributed by atoms with Crippen LogP contribution >= 0.6 is 23.2 Å². The first-order valence-corrected chi connectivity index (χ1v) is 7.46. The summed E-state index contributed by atoms with van der Waals surface area (Å²) in [4.78, 5) is 0. The van der Waals surface area contributed by atoms with Gasteiger partial charge in [-0.3, -0.25) is 0 Å². The molecule has 0 bridgehead atoms. The van der Waals surface area contributed by atoms with Gasteiger partial charge < -0.3 is 9.73 Å². The number of hydrogen-bond donors (Lipinski definition) is 1. The molecule has 0 atom stereocenters. The van der Waals surface area contributed by atoms with Crippen LogP contribution in [0, 0.1) is 6.92 Å². The normalized spacial score (nSPS) is 10.7. The number of rotatable bonds is 4. The van der Waals surface area contributed by atoms with Gasteiger partial charge in [0.05, 0.1) is 17.1 Å². The van der Waals surface area contributed by atoms with E-state index in [1.807, 2.05) is 43.3 Å². The van der Waals surface area contributed by atoms with Crippen LogP contribution in [-0.2, 0) is 6.54 Å². The Morgan fingerprint density at radius 3 is 2.68 bits per heavy atom. The van der Waals surface area contributed by atoms with Gasteiger partial charge in [0, 0.05) is 10.7 Å². The van der Waals surface area contributed by atoms with Crippen molar-refractivity contribution >= 4 is 28.9 Å². The highest BCUT2D eigenvalue weighted by atomic mass is 35.5. The molecule has 112 valence electrons. The lowest BCUT2D eigenvalue weighted by molar-refractivity contribution is 0.515. The van der Waals surface area contributed by atoms with Crippen LogP contribution < -0.4 is 5.32 Å². The van der Waals surface area contributed by atoms with Crippen molar-refractivity contribution in [1.29, 1.82) is 0 Å². The molecule has 1 N–H and O–H groups in total. The standard InChI is InChI=1S/C16H13Cl2N3O/c1-10-8-11(17)6-7-14(10)19-9-15-20-21-16(22-15)12-4-2-3-5-13(12)18/h2-8,19H,9H2,1H3. The number of nitrogens with one attached hydrogen (secondary N) is 1. The summed E-state index contributed by atoms with van der Waals surface area (Å²) >= 11 is 12.1. The van der Waals surface area contributed by atoms with E-state index in [2.05, 4.69) is 15.5 Å². The molecule has 22 heavy (non-hydrogen) atoms. The number of halogens is 2. The van der Waals surface area contributed by atoms with Gasteiger partial charge in [-0.15, -0.1) is 10.2 Å². The van der Waals surface area contributed by atoms with Gasteiger partial charge in [-0.1, -0.05) is 35.3 Å². The van der Waals surface area contributed by atoms with Crippen LogP contribution in [0.2, 0.25) is 10.0 Å². The van der Waals surface area contributed by atoms with Crippen LogP contribution in [0.25, 0.3) is 11.5 Å². The van der Waals surface area contributed by atoms with Crippen LogP contribution in [0.4, 0.5) is 5.69 Å². The molecule has 4 nitrogen and oxygen atoms in total. The minimum atomic E-state index is 0.412. The number of aromatic nitrogens is 2. The Bertz CT molecular complexity index is 802. The van der Waals surface area contributed by atoms with Gasteiger partial charge in [0.1, 0.15) is 0 Å². The molecule has 2 aromatic carbocycles. The first-order chi connectivity index (χ1) is 10.6. The zero-order valence-corrected chi connectivity index (χ0v) is 13.3. The maximum atomic E-state index is 6.12. The molecule has 0 unspecified atom stereocenters. The zero-order chi connectivity index (χ0) is 15.5. The summed E-state index contributed by atoms with van der Waals surface area (Å²) in [7, 11) is 0. The number of aryl methyl sites for hydroxylation is 1. The lowest BCUT2D eigenvalue weighted by Crippen LogP contribution is -2.01. The Morgan fingerprint density at radius 2 is 1.91 bits per heavy atom. The van der Waals surface area contributed by atoms with Crippen molar-refractivity contribution in [3.63, 3.8) is 0 Å². The van der Waals surface area contributed by atoms with Crippen LogP contribution in [0.1, 0.15) is 11.5 Å². The Balaban J connectivity index is 1.74. The second kappa shape index (κ2) is 6.38. The summed E-state index contributed by atoms with van der Waals surface area (Å²) in [6, 6.07) is 13.0. The third-order valence-electron chi connectivity index (χ3n) is 3.19. The lowest BCUT2D eigenvalue weighted by Gasteiger charge is -2.07. The van der Waals surface area contributed by atoms with Crippen LogP contribution in [-0.4, -0.2) is 10.2 Å². The third-order valence-corrected chi connectivity index (χ3v) is 3.75. The van der Waals surface area contributed by atoms with Gasteiger partial charge in [-0.05, 0) is 42.8 Å². The van der Waals surface area contributed by atoms with Gasteiger partial charge in [0.25, 0.3) is 0 Å². The number of anilines is 1. The van der Waals surface area contributed by atoms with Crippen molar-refractivity contribution in [1.82, 2.24) is 10.2 Å². The second-order valence-corrected chi connectivity index (χ2v) is 5.64. The van der Waals surface area contributed by atoms with Crippen LogP contribution in [0.3, 0.4) is 0 Å². The van der Waals surface area contributed by atoms with E-state index in [9.17, 15) is 0 Å². The monoisotopic (exact) mass is 333 g/mol. The van der Waals surface area contributed by atoms with Crippen molar-refractivity contribution in [3.05, 3.63) is 64.0 Å². The molecule has 3 rings (SSSR count). The molecule has 0 spiro atoms. The number of benzene rings is 2. The summed E-state index contributed by atoms with van der Waals surface area (Å²) in [5.74, 6) is 0.902. The fourth-order valence-electron chi connectivity index (χ4n) is 2.06. The molecule has 0 amide bonds. The maximum Gasteiger partial charge on any atom is 0.249 e. The molecule has 0 saturated heterocycles. The van der Waals surface area contributed by atoms with Crippen LogP contribution in [0.5, 0.6) is 0 Å². The molecule has 0 saturated carbocycles. The molecule has 1 aromatic heterocycles. The van der Waals surface area contributed by atoms with Crippen molar-refractivity contribution in [2.75, 3.05) is 5.32 Å². The van der Waals surface area contributed by atoms with E-state index in [1.54, 1.807) is 6.07 Å². The SMILES string of the molecule is Cc1cc(Cl)ccc1NCc1nnc(-c2ccccc2Cl)o1. The largest absolute Gasteiger partial charge is 0.419 e. The highest BCUT2D eigenvalue weighted by Gasteiger charge is 2.11. The Labute approximate surface area is 138 Å². The summed E-state index contributed by atoms with van der Waals surface area (Å²) < 4.78 is 5.64. The fraction of sp³-hybridized carbons (Fsp3) is 0.125. The molecule has 1 heterocycles. The van der Waals surface area contributed by atoms with E-state index < -0.39 is 0 Å². The van der Waals surface area contributed by atoms with Crippen LogP contribution in [0.15, 0.2) is 46.9 Å². The average Bonchev–Trinajstić information content (AvgIpc) is 2.95. The molecule has 3 aromatic rings. The van der Waals surface area contributed by atoms with Gasteiger partial charge >= 0.3 is 0 Å². The van der Waals surface area contributed by atoms with E-state index in [0.717, 1.165) is 16.8 Å². The van der Waals surface area contributed by atoms with Gasteiger partial charge in [0.2, 0.25) is 11.8 Å². The summed E-state index contributed by atoms with van der Waals surface area (Å²) in [6.07, 6.45) is 0. The molecule has 0 aliphatic heterocycles. The first kappa shape index (κ1) is 14.9. The summed E-state index contributed by atoms with van der Waals surface area (Å²) in [6.45, 7) is 2.41. The number of nitrogens with zero attached hydrogens (tertiary/aromatic N) is 2. The topological polar surface area (TPSA) is 51.0 Å². The Morgan fingerprint density at radius 1 is 1.09 bits per heavy atom. The molecular weight excluding hydrogens is 321 g/mol. The highest BCUT2D eigenvalue weighted by Crippen LogP contribution is 2.26. The van der Waals surface area contributed by atoms with E-state index in [1.165, 1.54) is 0 Å².